The van der Waals surface area contributed by atoms with Crippen molar-refractivity contribution in [3.8, 4) is 0 Å². The van der Waals surface area contributed by atoms with Crippen LogP contribution < -0.4 is 10.6 Å². The maximum atomic E-state index is 13.2. The van der Waals surface area contributed by atoms with Crippen LogP contribution in [0, 0.1) is 11.3 Å². The maximum Gasteiger partial charge on any atom is 0.231 e. The number of hydrogen-bond acceptors (Lipinski definition) is 5. The van der Waals surface area contributed by atoms with Crippen LogP contribution in [0.2, 0.25) is 0 Å². The average Bonchev–Trinajstić information content (AvgIpc) is 3.34. The number of likely N-dealkylation sites (tertiary alicyclic amines) is 1. The Kier molecular flexibility index (Phi) is 3.57. The van der Waals surface area contributed by atoms with E-state index >= 15 is 0 Å². The Morgan fingerprint density at radius 3 is 2.60 bits per heavy atom. The lowest BCUT2D eigenvalue weighted by Gasteiger charge is -2.37. The lowest BCUT2D eigenvalue weighted by Crippen LogP contribution is -2.51. The first kappa shape index (κ1) is 15.3. The van der Waals surface area contributed by atoms with Gasteiger partial charge in [-0.25, -0.2) is 4.98 Å². The van der Waals surface area contributed by atoms with E-state index < -0.39 is 0 Å². The van der Waals surface area contributed by atoms with Crippen molar-refractivity contribution < 1.29 is 9.21 Å². The molecule has 132 valence electrons. The molecule has 0 atom stereocenters. The van der Waals surface area contributed by atoms with Crippen LogP contribution in [-0.2, 0) is 4.79 Å². The molecule has 6 nitrogen and oxygen atoms in total. The molecule has 3 saturated heterocycles. The zero-order valence-corrected chi connectivity index (χ0v) is 14.3. The van der Waals surface area contributed by atoms with Gasteiger partial charge in [-0.1, -0.05) is 12.1 Å². The summed E-state index contributed by atoms with van der Waals surface area (Å²) in [4.78, 5) is 19.9. The summed E-state index contributed by atoms with van der Waals surface area (Å²) in [6.45, 7) is 5.15. The zero-order valence-electron chi connectivity index (χ0n) is 14.3. The predicted octanol–water partition coefficient (Wildman–Crippen LogP) is 1.34. The van der Waals surface area contributed by atoms with Crippen molar-refractivity contribution in [1.82, 2.24) is 20.5 Å². The molecular formula is C19H24N4O2. The highest BCUT2D eigenvalue weighted by Crippen LogP contribution is 2.38. The molecule has 3 aliphatic heterocycles. The molecule has 0 spiro atoms. The van der Waals surface area contributed by atoms with Crippen molar-refractivity contribution in [1.29, 1.82) is 0 Å². The highest BCUT2D eigenvalue weighted by atomic mass is 16.3. The Balaban J connectivity index is 1.29. The first-order valence-corrected chi connectivity index (χ1v) is 9.32. The summed E-state index contributed by atoms with van der Waals surface area (Å²) in [5, 5.41) is 6.84. The summed E-state index contributed by atoms with van der Waals surface area (Å²) in [6, 6.07) is 7.90. The molecule has 1 amide bonds. The SMILES string of the molecule is O=C(N1CCC(c2nc3ccccc3o2)CC1)C12CNCC1CNC2. The lowest BCUT2D eigenvalue weighted by atomic mass is 9.79. The van der Waals surface area contributed by atoms with E-state index in [1.54, 1.807) is 0 Å². The van der Waals surface area contributed by atoms with E-state index in [0.717, 1.165) is 69.1 Å². The van der Waals surface area contributed by atoms with Gasteiger partial charge in [0, 0.05) is 51.1 Å². The van der Waals surface area contributed by atoms with Gasteiger partial charge in [-0.15, -0.1) is 0 Å². The molecule has 2 N–H and O–H groups in total. The summed E-state index contributed by atoms with van der Waals surface area (Å²) in [6.07, 6.45) is 1.86. The zero-order chi connectivity index (χ0) is 16.9. The average molecular weight is 340 g/mol. The Labute approximate surface area is 147 Å². The monoisotopic (exact) mass is 340 g/mol. The molecular weight excluding hydrogens is 316 g/mol. The summed E-state index contributed by atoms with van der Waals surface area (Å²) in [7, 11) is 0. The van der Waals surface area contributed by atoms with Crippen LogP contribution in [-0.4, -0.2) is 55.1 Å². The second kappa shape index (κ2) is 5.81. The van der Waals surface area contributed by atoms with Gasteiger partial charge in [0.2, 0.25) is 5.91 Å². The first-order chi connectivity index (χ1) is 12.3. The van der Waals surface area contributed by atoms with Gasteiger partial charge in [0.1, 0.15) is 5.52 Å². The minimum Gasteiger partial charge on any atom is -0.440 e. The molecule has 1 aromatic heterocycles. The Bertz CT molecular complexity index is 751. The van der Waals surface area contributed by atoms with E-state index in [4.69, 9.17) is 4.42 Å². The summed E-state index contributed by atoms with van der Waals surface area (Å²) in [5.41, 5.74) is 1.56. The molecule has 25 heavy (non-hydrogen) atoms. The second-order valence-corrected chi connectivity index (χ2v) is 7.70. The van der Waals surface area contributed by atoms with Gasteiger partial charge in [0.05, 0.1) is 5.41 Å². The fourth-order valence-electron chi connectivity index (χ4n) is 4.79. The Morgan fingerprint density at radius 2 is 1.88 bits per heavy atom. The third-order valence-corrected chi connectivity index (χ3v) is 6.31. The number of hydrogen-bond donors (Lipinski definition) is 2. The van der Waals surface area contributed by atoms with Crippen molar-refractivity contribution in [3.63, 3.8) is 0 Å². The van der Waals surface area contributed by atoms with Crippen molar-refractivity contribution in [2.24, 2.45) is 11.3 Å². The van der Waals surface area contributed by atoms with E-state index in [-0.39, 0.29) is 5.41 Å². The number of nitrogens with one attached hydrogen (secondary N) is 2. The maximum absolute atomic E-state index is 13.2. The van der Waals surface area contributed by atoms with E-state index in [2.05, 4.69) is 20.5 Å². The van der Waals surface area contributed by atoms with E-state index in [1.165, 1.54) is 0 Å². The largest absolute Gasteiger partial charge is 0.440 e. The smallest absolute Gasteiger partial charge is 0.231 e. The van der Waals surface area contributed by atoms with Crippen LogP contribution >= 0.6 is 0 Å². The number of aromatic nitrogens is 1. The topological polar surface area (TPSA) is 70.4 Å². The van der Waals surface area contributed by atoms with Gasteiger partial charge in [0.15, 0.2) is 11.5 Å². The number of carbonyl (C=O) groups is 1. The lowest BCUT2D eigenvalue weighted by molar-refractivity contribution is -0.142. The third-order valence-electron chi connectivity index (χ3n) is 6.31. The van der Waals surface area contributed by atoms with Crippen molar-refractivity contribution in [2.45, 2.75) is 18.8 Å². The molecule has 0 radical (unpaired) electrons. The van der Waals surface area contributed by atoms with Crippen LogP contribution in [0.1, 0.15) is 24.7 Å². The van der Waals surface area contributed by atoms with Crippen LogP contribution in [0.4, 0.5) is 0 Å². The van der Waals surface area contributed by atoms with Gasteiger partial charge in [0.25, 0.3) is 0 Å². The number of nitrogens with zero attached hydrogens (tertiary/aromatic N) is 2. The summed E-state index contributed by atoms with van der Waals surface area (Å²) >= 11 is 0. The quantitative estimate of drug-likeness (QED) is 0.863. The number of para-hydroxylation sites is 2. The number of fused-ring (bicyclic) bond motifs is 2. The van der Waals surface area contributed by atoms with Gasteiger partial charge >= 0.3 is 0 Å². The molecule has 4 heterocycles. The van der Waals surface area contributed by atoms with Gasteiger partial charge in [-0.3, -0.25) is 4.79 Å². The van der Waals surface area contributed by atoms with Gasteiger partial charge in [-0.05, 0) is 25.0 Å². The normalized spacial score (nSPS) is 30.1. The number of carbonyl (C=O) groups excluding carboxylic acids is 1. The van der Waals surface area contributed by atoms with Crippen molar-refractivity contribution in [2.75, 3.05) is 39.3 Å². The van der Waals surface area contributed by atoms with Crippen LogP contribution in [0.25, 0.3) is 11.1 Å². The van der Waals surface area contributed by atoms with Crippen LogP contribution in [0.5, 0.6) is 0 Å². The van der Waals surface area contributed by atoms with Crippen LogP contribution in [0.15, 0.2) is 28.7 Å². The highest BCUT2D eigenvalue weighted by molar-refractivity contribution is 5.84. The first-order valence-electron chi connectivity index (χ1n) is 9.32. The summed E-state index contributed by atoms with van der Waals surface area (Å²) < 4.78 is 5.94. The standard InChI is InChI=1S/C19H24N4O2/c24-18(19-11-20-9-14(19)10-21-12-19)23-7-5-13(6-8-23)17-22-15-3-1-2-4-16(15)25-17/h1-4,13-14,20-21H,5-12H2. The predicted molar refractivity (Wildman–Crippen MR) is 94.2 cm³/mol. The minimum absolute atomic E-state index is 0.218. The van der Waals surface area contributed by atoms with Crippen molar-refractivity contribution in [3.05, 3.63) is 30.2 Å². The molecule has 0 unspecified atom stereocenters. The van der Waals surface area contributed by atoms with Crippen molar-refractivity contribution >= 4 is 17.0 Å². The minimum atomic E-state index is -0.218. The fraction of sp³-hybridized carbons (Fsp3) is 0.579. The molecule has 0 saturated carbocycles. The third kappa shape index (κ3) is 2.39. The number of benzene rings is 1. The van der Waals surface area contributed by atoms with Crippen LogP contribution in [0.3, 0.4) is 0 Å². The molecule has 3 fully saturated rings. The number of amides is 1. The Hall–Kier alpha value is -1.92. The fourth-order valence-corrected chi connectivity index (χ4v) is 4.79. The molecule has 0 aliphatic carbocycles. The number of rotatable bonds is 2. The summed E-state index contributed by atoms with van der Waals surface area (Å²) in [5.74, 6) is 1.92. The van der Waals surface area contributed by atoms with E-state index in [9.17, 15) is 4.79 Å². The molecule has 2 aromatic rings. The molecule has 6 heteroatoms. The highest BCUT2D eigenvalue weighted by Gasteiger charge is 2.53. The van der Waals surface area contributed by atoms with Gasteiger partial charge < -0.3 is 20.0 Å². The molecule has 0 bridgehead atoms. The molecule has 1 aromatic carbocycles. The number of piperidine rings is 1. The van der Waals surface area contributed by atoms with Gasteiger partial charge in [-0.2, -0.15) is 0 Å². The number of oxazole rings is 1. The Morgan fingerprint density at radius 1 is 1.16 bits per heavy atom. The second-order valence-electron chi connectivity index (χ2n) is 7.70. The molecule has 5 rings (SSSR count). The van der Waals surface area contributed by atoms with E-state index in [1.807, 2.05) is 24.3 Å². The van der Waals surface area contributed by atoms with E-state index in [0.29, 0.717) is 17.7 Å². The molecule has 3 aliphatic rings.